The Labute approximate surface area is 92.0 Å². The molecule has 4 heteroatoms. The molecular weight excluding hydrogens is 198 g/mol. The second-order valence-corrected chi connectivity index (χ2v) is 5.04. The Hall–Kier alpha value is -0.220. The van der Waals surface area contributed by atoms with Crippen molar-refractivity contribution < 1.29 is 9.53 Å². The predicted molar refractivity (Wildman–Crippen MR) is 61.8 cm³/mol. The van der Waals surface area contributed by atoms with Gasteiger partial charge in [-0.2, -0.15) is 12.6 Å². The lowest BCUT2D eigenvalue weighted by molar-refractivity contribution is -0.138. The van der Waals surface area contributed by atoms with Gasteiger partial charge in [0.15, 0.2) is 0 Å². The van der Waals surface area contributed by atoms with E-state index in [1.165, 1.54) is 12.8 Å². The van der Waals surface area contributed by atoms with Crippen LogP contribution in [-0.2, 0) is 9.53 Å². The first kappa shape index (κ1) is 13.8. The standard InChI is InChI=1S/C5H11NS.C5H10O2/c7-5-1-3-6-4-2-5;1-5(2,3)7-4-6/h5-7H,1-4H2;4H,1-3H3. The molecule has 0 bridgehead atoms. The third-order valence-electron chi connectivity index (χ3n) is 1.71. The lowest BCUT2D eigenvalue weighted by Crippen LogP contribution is -2.27. The average molecular weight is 219 g/mol. The molecule has 0 aromatic heterocycles. The van der Waals surface area contributed by atoms with Crippen molar-refractivity contribution in [2.75, 3.05) is 13.1 Å². The van der Waals surface area contributed by atoms with Crippen molar-refractivity contribution in [3.8, 4) is 0 Å². The van der Waals surface area contributed by atoms with Crippen molar-refractivity contribution in [2.24, 2.45) is 0 Å². The number of thiol groups is 1. The van der Waals surface area contributed by atoms with E-state index in [-0.39, 0.29) is 5.60 Å². The molecule has 1 aliphatic rings. The van der Waals surface area contributed by atoms with Gasteiger partial charge in [0.2, 0.25) is 0 Å². The molecule has 14 heavy (non-hydrogen) atoms. The summed E-state index contributed by atoms with van der Waals surface area (Å²) in [5.41, 5.74) is -0.318. The highest BCUT2D eigenvalue weighted by molar-refractivity contribution is 7.80. The van der Waals surface area contributed by atoms with Crippen molar-refractivity contribution in [1.29, 1.82) is 0 Å². The maximum atomic E-state index is 9.60. The van der Waals surface area contributed by atoms with E-state index in [0.29, 0.717) is 11.7 Å². The molecule has 1 rings (SSSR count). The van der Waals surface area contributed by atoms with Crippen LogP contribution in [0, 0.1) is 0 Å². The van der Waals surface area contributed by atoms with Gasteiger partial charge < -0.3 is 10.1 Å². The molecule has 0 aromatic carbocycles. The Morgan fingerprint density at radius 2 is 1.86 bits per heavy atom. The quantitative estimate of drug-likeness (QED) is 0.520. The normalized spacial score (nSPS) is 18.0. The first-order valence-corrected chi connectivity index (χ1v) is 5.47. The van der Waals surface area contributed by atoms with Crippen LogP contribution >= 0.6 is 12.6 Å². The molecule has 0 aliphatic carbocycles. The first-order chi connectivity index (χ1) is 6.45. The predicted octanol–water partition coefficient (Wildman–Crippen LogP) is 1.63. The van der Waals surface area contributed by atoms with E-state index in [4.69, 9.17) is 0 Å². The van der Waals surface area contributed by atoms with Crippen LogP contribution < -0.4 is 5.32 Å². The fourth-order valence-corrected chi connectivity index (χ4v) is 1.21. The Bertz CT molecular complexity index is 151. The van der Waals surface area contributed by atoms with E-state index < -0.39 is 0 Å². The molecule has 0 spiro atoms. The van der Waals surface area contributed by atoms with Gasteiger partial charge in [-0.15, -0.1) is 0 Å². The van der Waals surface area contributed by atoms with Crippen LogP contribution in [-0.4, -0.2) is 30.4 Å². The van der Waals surface area contributed by atoms with Crippen LogP contribution in [0.2, 0.25) is 0 Å². The summed E-state index contributed by atoms with van der Waals surface area (Å²) in [6, 6.07) is 0. The SMILES string of the molecule is CC(C)(C)OC=O.SC1CCNCC1. The largest absolute Gasteiger partial charge is 0.462 e. The number of rotatable bonds is 1. The maximum Gasteiger partial charge on any atom is 0.293 e. The second-order valence-electron chi connectivity index (χ2n) is 4.31. The molecule has 1 fully saturated rings. The van der Waals surface area contributed by atoms with E-state index in [2.05, 4.69) is 22.7 Å². The second kappa shape index (κ2) is 7.12. The van der Waals surface area contributed by atoms with Crippen LogP contribution in [0.15, 0.2) is 0 Å². The summed E-state index contributed by atoms with van der Waals surface area (Å²) < 4.78 is 4.55. The summed E-state index contributed by atoms with van der Waals surface area (Å²) in [4.78, 5) is 9.60. The molecule has 0 unspecified atom stereocenters. The minimum absolute atomic E-state index is 0.318. The van der Waals surface area contributed by atoms with Crippen LogP contribution in [0.1, 0.15) is 33.6 Å². The van der Waals surface area contributed by atoms with E-state index in [9.17, 15) is 4.79 Å². The van der Waals surface area contributed by atoms with E-state index in [1.54, 1.807) is 0 Å². The molecule has 84 valence electrons. The molecule has 0 atom stereocenters. The highest BCUT2D eigenvalue weighted by atomic mass is 32.1. The van der Waals surface area contributed by atoms with Gasteiger partial charge in [-0.3, -0.25) is 4.79 Å². The van der Waals surface area contributed by atoms with Gasteiger partial charge in [0.25, 0.3) is 6.47 Å². The zero-order valence-corrected chi connectivity index (χ0v) is 10.1. The molecule has 3 nitrogen and oxygen atoms in total. The van der Waals surface area contributed by atoms with Crippen molar-refractivity contribution in [1.82, 2.24) is 5.32 Å². The molecule has 0 saturated carbocycles. The minimum atomic E-state index is -0.318. The molecule has 1 N–H and O–H groups in total. The number of piperidine rings is 1. The number of hydrogen-bond donors (Lipinski definition) is 2. The molecule has 1 saturated heterocycles. The molecule has 0 radical (unpaired) electrons. The number of hydrogen-bond acceptors (Lipinski definition) is 4. The van der Waals surface area contributed by atoms with Crippen LogP contribution in [0.3, 0.4) is 0 Å². The smallest absolute Gasteiger partial charge is 0.293 e. The van der Waals surface area contributed by atoms with Gasteiger partial charge in [-0.05, 0) is 46.7 Å². The van der Waals surface area contributed by atoms with Crippen LogP contribution in [0.25, 0.3) is 0 Å². The van der Waals surface area contributed by atoms with Gasteiger partial charge in [0, 0.05) is 5.25 Å². The minimum Gasteiger partial charge on any atom is -0.462 e. The lowest BCUT2D eigenvalue weighted by Gasteiger charge is -2.16. The summed E-state index contributed by atoms with van der Waals surface area (Å²) in [5.74, 6) is 0. The summed E-state index contributed by atoms with van der Waals surface area (Å²) in [5, 5.41) is 3.93. The molecule has 0 aromatic rings. The first-order valence-electron chi connectivity index (χ1n) is 4.96. The van der Waals surface area contributed by atoms with Gasteiger partial charge in [-0.25, -0.2) is 0 Å². The zero-order chi connectivity index (χ0) is 11.0. The third kappa shape index (κ3) is 9.86. The van der Waals surface area contributed by atoms with E-state index in [0.717, 1.165) is 13.1 Å². The summed E-state index contributed by atoms with van der Waals surface area (Å²) in [6.45, 7) is 8.24. The Morgan fingerprint density at radius 1 is 1.36 bits per heavy atom. The summed E-state index contributed by atoms with van der Waals surface area (Å²) >= 11 is 4.32. The Balaban J connectivity index is 0.000000241. The fraction of sp³-hybridized carbons (Fsp3) is 0.900. The third-order valence-corrected chi connectivity index (χ3v) is 2.23. The van der Waals surface area contributed by atoms with Gasteiger partial charge in [0.1, 0.15) is 5.60 Å². The number of carbonyl (C=O) groups excluding carboxylic acids is 1. The van der Waals surface area contributed by atoms with Crippen molar-refractivity contribution >= 4 is 19.1 Å². The van der Waals surface area contributed by atoms with Gasteiger partial charge in [-0.1, -0.05) is 0 Å². The van der Waals surface area contributed by atoms with E-state index in [1.807, 2.05) is 20.8 Å². The Kier molecular flexibility index (Phi) is 7.01. The fourth-order valence-electron chi connectivity index (χ4n) is 0.951. The highest BCUT2D eigenvalue weighted by Gasteiger charge is 2.07. The van der Waals surface area contributed by atoms with E-state index >= 15 is 0 Å². The van der Waals surface area contributed by atoms with Crippen LogP contribution in [0.4, 0.5) is 0 Å². The Morgan fingerprint density at radius 3 is 2.00 bits per heavy atom. The van der Waals surface area contributed by atoms with Crippen molar-refractivity contribution in [2.45, 2.75) is 44.5 Å². The number of nitrogens with one attached hydrogen (secondary N) is 1. The van der Waals surface area contributed by atoms with Crippen molar-refractivity contribution in [3.63, 3.8) is 0 Å². The van der Waals surface area contributed by atoms with Crippen molar-refractivity contribution in [3.05, 3.63) is 0 Å². The van der Waals surface area contributed by atoms with Crippen LogP contribution in [0.5, 0.6) is 0 Å². The summed E-state index contributed by atoms with van der Waals surface area (Å²) in [7, 11) is 0. The monoisotopic (exact) mass is 219 g/mol. The topological polar surface area (TPSA) is 38.3 Å². The number of ether oxygens (including phenoxy) is 1. The maximum absolute atomic E-state index is 9.60. The molecule has 1 heterocycles. The van der Waals surface area contributed by atoms with Gasteiger partial charge in [0.05, 0.1) is 0 Å². The molecule has 1 aliphatic heterocycles. The lowest BCUT2D eigenvalue weighted by atomic mass is 10.2. The average Bonchev–Trinajstić information content (AvgIpc) is 2.04. The summed E-state index contributed by atoms with van der Waals surface area (Å²) in [6.07, 6.45) is 2.48. The zero-order valence-electron chi connectivity index (χ0n) is 9.25. The molecular formula is C10H21NO2S. The number of carbonyl (C=O) groups is 1. The van der Waals surface area contributed by atoms with Gasteiger partial charge >= 0.3 is 0 Å². The molecule has 0 amide bonds. The highest BCUT2D eigenvalue weighted by Crippen LogP contribution is 2.07.